The van der Waals surface area contributed by atoms with Crippen molar-refractivity contribution in [2.45, 2.75) is 25.8 Å². The third kappa shape index (κ3) is 3.28. The van der Waals surface area contributed by atoms with Gasteiger partial charge in [0.15, 0.2) is 6.04 Å². The molecule has 18 heavy (non-hydrogen) atoms. The molecule has 0 saturated carbocycles. The number of nitrogens with one attached hydrogen (secondary N) is 1. The van der Waals surface area contributed by atoms with Gasteiger partial charge in [0.2, 0.25) is 5.78 Å². The van der Waals surface area contributed by atoms with E-state index in [2.05, 4.69) is 16.9 Å². The Balaban J connectivity index is 2.46. The molecule has 0 spiro atoms. The molecule has 0 aromatic carbocycles. The average Bonchev–Trinajstić information content (AvgIpc) is 2.53. The lowest BCUT2D eigenvalue weighted by Crippen LogP contribution is -2.49. The molecule has 1 saturated heterocycles. The summed E-state index contributed by atoms with van der Waals surface area (Å²) in [6.07, 6.45) is 1.20. The van der Waals surface area contributed by atoms with E-state index in [4.69, 9.17) is 5.84 Å². The van der Waals surface area contributed by atoms with Crippen molar-refractivity contribution in [3.63, 3.8) is 0 Å². The maximum atomic E-state index is 11.4. The lowest BCUT2D eigenvalue weighted by Gasteiger charge is -2.19. The standard InChI is InChI=1S/C10H15N5O3/c1-6(14-12-2)4-3-5-15(11)7-8(16)10(18)13-9(7)17/h7H,2-5,11H2,1H3,(H,13,17,18). The summed E-state index contributed by atoms with van der Waals surface area (Å²) in [4.78, 5) is 33.6. The van der Waals surface area contributed by atoms with Crippen LogP contribution in [0.15, 0.2) is 10.2 Å². The Hall–Kier alpha value is -1.93. The molecule has 2 amide bonds. The summed E-state index contributed by atoms with van der Waals surface area (Å²) < 4.78 is 0. The minimum atomic E-state index is -1.22. The fourth-order valence-electron chi connectivity index (χ4n) is 1.60. The molecule has 98 valence electrons. The number of rotatable bonds is 6. The molecule has 0 aromatic heterocycles. The number of imide groups is 1. The van der Waals surface area contributed by atoms with E-state index in [-0.39, 0.29) is 0 Å². The minimum absolute atomic E-state index is 0.293. The fourth-order valence-corrected chi connectivity index (χ4v) is 1.60. The van der Waals surface area contributed by atoms with E-state index >= 15 is 0 Å². The van der Waals surface area contributed by atoms with Gasteiger partial charge < -0.3 is 0 Å². The number of carbonyl (C=O) groups is 3. The van der Waals surface area contributed by atoms with Crippen LogP contribution in [-0.4, -0.2) is 47.6 Å². The third-order valence-corrected chi connectivity index (χ3v) is 2.49. The Bertz CT molecular complexity index is 418. The molecule has 1 heterocycles. The number of hydrogen-bond donors (Lipinski definition) is 2. The largest absolute Gasteiger partial charge is 0.296 e. The highest BCUT2D eigenvalue weighted by molar-refractivity contribution is 6.49. The first-order chi connectivity index (χ1) is 8.47. The van der Waals surface area contributed by atoms with Crippen molar-refractivity contribution in [1.29, 1.82) is 0 Å². The molecule has 1 fully saturated rings. The van der Waals surface area contributed by atoms with Crippen molar-refractivity contribution < 1.29 is 14.4 Å². The summed E-state index contributed by atoms with van der Waals surface area (Å²) in [6, 6.07) is -1.22. The van der Waals surface area contributed by atoms with E-state index in [1.165, 1.54) is 0 Å². The van der Waals surface area contributed by atoms with Gasteiger partial charge in [-0.25, -0.2) is 5.01 Å². The topological polar surface area (TPSA) is 117 Å². The first kappa shape index (κ1) is 14.1. The molecular weight excluding hydrogens is 238 g/mol. The Kier molecular flexibility index (Phi) is 4.81. The molecular formula is C10H15N5O3. The van der Waals surface area contributed by atoms with Crippen molar-refractivity contribution in [3.8, 4) is 0 Å². The second-order valence-corrected chi connectivity index (χ2v) is 3.90. The lowest BCUT2D eigenvalue weighted by atomic mass is 10.2. The Morgan fingerprint density at radius 2 is 2.17 bits per heavy atom. The quantitative estimate of drug-likeness (QED) is 0.151. The highest BCUT2D eigenvalue weighted by Gasteiger charge is 2.42. The van der Waals surface area contributed by atoms with E-state index in [9.17, 15) is 14.4 Å². The normalized spacial score (nSPS) is 20.5. The van der Waals surface area contributed by atoms with Gasteiger partial charge in [0.25, 0.3) is 11.8 Å². The zero-order valence-electron chi connectivity index (χ0n) is 10.0. The maximum Gasteiger partial charge on any atom is 0.296 e. The monoisotopic (exact) mass is 253 g/mol. The van der Waals surface area contributed by atoms with Crippen LogP contribution in [0.5, 0.6) is 0 Å². The predicted molar refractivity (Wildman–Crippen MR) is 64.7 cm³/mol. The Labute approximate surface area is 104 Å². The van der Waals surface area contributed by atoms with E-state index in [0.717, 1.165) is 10.7 Å². The molecule has 1 aliphatic heterocycles. The number of hydrazine groups is 1. The first-order valence-corrected chi connectivity index (χ1v) is 5.37. The highest BCUT2D eigenvalue weighted by atomic mass is 16.2. The number of hydrogen-bond acceptors (Lipinski definition) is 7. The average molecular weight is 253 g/mol. The molecule has 8 heteroatoms. The molecule has 1 unspecified atom stereocenters. The van der Waals surface area contributed by atoms with E-state index in [0.29, 0.717) is 19.4 Å². The third-order valence-electron chi connectivity index (χ3n) is 2.49. The molecule has 0 aliphatic carbocycles. The van der Waals surface area contributed by atoms with Crippen molar-refractivity contribution >= 4 is 30.0 Å². The van der Waals surface area contributed by atoms with Gasteiger partial charge in [-0.2, -0.15) is 10.2 Å². The minimum Gasteiger partial charge on any atom is -0.288 e. The first-order valence-electron chi connectivity index (χ1n) is 5.37. The van der Waals surface area contributed by atoms with Crippen LogP contribution in [0.1, 0.15) is 19.8 Å². The Morgan fingerprint density at radius 3 is 2.67 bits per heavy atom. The molecule has 1 aliphatic rings. The predicted octanol–water partition coefficient (Wildman–Crippen LogP) is -1.39. The second kappa shape index (κ2) is 6.12. The number of nitrogens with zero attached hydrogens (tertiary/aromatic N) is 3. The number of Topliss-reactive ketones (excluding diaryl/α,β-unsaturated/α-hetero) is 1. The smallest absolute Gasteiger partial charge is 0.288 e. The summed E-state index contributed by atoms with van der Waals surface area (Å²) in [6.45, 7) is 5.30. The zero-order chi connectivity index (χ0) is 13.7. The summed E-state index contributed by atoms with van der Waals surface area (Å²) in [5.41, 5.74) is 0.775. The maximum absolute atomic E-state index is 11.4. The summed E-state index contributed by atoms with van der Waals surface area (Å²) in [5, 5.41) is 10.1. The highest BCUT2D eigenvalue weighted by Crippen LogP contribution is 2.05. The van der Waals surface area contributed by atoms with Crippen molar-refractivity contribution in [2.75, 3.05) is 6.54 Å². The van der Waals surface area contributed by atoms with E-state index in [1.54, 1.807) is 6.92 Å². The van der Waals surface area contributed by atoms with Crippen LogP contribution in [-0.2, 0) is 14.4 Å². The van der Waals surface area contributed by atoms with Crippen molar-refractivity contribution in [3.05, 3.63) is 0 Å². The van der Waals surface area contributed by atoms with Gasteiger partial charge in [0.05, 0.1) is 0 Å². The van der Waals surface area contributed by atoms with Gasteiger partial charge >= 0.3 is 0 Å². The molecule has 8 nitrogen and oxygen atoms in total. The summed E-state index contributed by atoms with van der Waals surface area (Å²) >= 11 is 0. The van der Waals surface area contributed by atoms with Gasteiger partial charge in [-0.05, 0) is 19.8 Å². The number of carbonyl (C=O) groups excluding carboxylic acids is 3. The zero-order valence-corrected chi connectivity index (χ0v) is 10.0. The van der Waals surface area contributed by atoms with Crippen molar-refractivity contribution in [1.82, 2.24) is 10.3 Å². The van der Waals surface area contributed by atoms with Gasteiger partial charge in [0.1, 0.15) is 0 Å². The molecule has 0 bridgehead atoms. The van der Waals surface area contributed by atoms with Gasteiger partial charge in [-0.1, -0.05) is 0 Å². The van der Waals surface area contributed by atoms with Crippen LogP contribution in [0.2, 0.25) is 0 Å². The van der Waals surface area contributed by atoms with Crippen LogP contribution < -0.4 is 11.2 Å². The SMILES string of the molecule is C=NN=C(C)CCCN(N)C1C(=O)NC(=O)C1=O. The number of ketones is 1. The van der Waals surface area contributed by atoms with E-state index in [1.807, 2.05) is 5.32 Å². The van der Waals surface area contributed by atoms with Crippen LogP contribution in [0.4, 0.5) is 0 Å². The lowest BCUT2D eigenvalue weighted by molar-refractivity contribution is -0.137. The Morgan fingerprint density at radius 1 is 1.50 bits per heavy atom. The molecule has 3 N–H and O–H groups in total. The van der Waals surface area contributed by atoms with Gasteiger partial charge in [-0.3, -0.25) is 25.5 Å². The summed E-state index contributed by atoms with van der Waals surface area (Å²) in [5.74, 6) is 3.20. The second-order valence-electron chi connectivity index (χ2n) is 3.90. The van der Waals surface area contributed by atoms with Crippen LogP contribution in [0.3, 0.4) is 0 Å². The van der Waals surface area contributed by atoms with Crippen LogP contribution in [0, 0.1) is 0 Å². The molecule has 0 radical (unpaired) electrons. The van der Waals surface area contributed by atoms with Gasteiger partial charge in [0, 0.05) is 19.0 Å². The van der Waals surface area contributed by atoms with E-state index < -0.39 is 23.6 Å². The molecule has 1 atom stereocenters. The fraction of sp³-hybridized carbons (Fsp3) is 0.500. The van der Waals surface area contributed by atoms with Crippen LogP contribution in [0.25, 0.3) is 0 Å². The summed E-state index contributed by atoms with van der Waals surface area (Å²) in [7, 11) is 0. The number of nitrogens with two attached hydrogens (primary N) is 1. The number of amides is 2. The van der Waals surface area contributed by atoms with Gasteiger partial charge in [-0.15, -0.1) is 0 Å². The van der Waals surface area contributed by atoms with Crippen molar-refractivity contribution in [2.24, 2.45) is 16.0 Å². The molecule has 1 rings (SSSR count). The molecule has 0 aromatic rings. The van der Waals surface area contributed by atoms with Crippen LogP contribution >= 0.6 is 0 Å².